The molecule has 0 aliphatic rings. The second kappa shape index (κ2) is 6.22. The summed E-state index contributed by atoms with van der Waals surface area (Å²) in [6.45, 7) is 4.89. The topological polar surface area (TPSA) is 53.4 Å². The van der Waals surface area contributed by atoms with E-state index in [0.29, 0.717) is 6.54 Å². The molecule has 0 aliphatic carbocycles. The Morgan fingerprint density at radius 3 is 2.80 bits per heavy atom. The summed E-state index contributed by atoms with van der Waals surface area (Å²) in [4.78, 5) is 17.5. The van der Waals surface area contributed by atoms with Gasteiger partial charge in [0.25, 0.3) is 0 Å². The van der Waals surface area contributed by atoms with Crippen molar-refractivity contribution in [1.82, 2.24) is 4.98 Å². The zero-order chi connectivity index (χ0) is 14.7. The van der Waals surface area contributed by atoms with Crippen molar-refractivity contribution >= 4 is 38.5 Å². The molecular formula is C15H17BrN2O2. The maximum absolute atomic E-state index is 11.0. The summed E-state index contributed by atoms with van der Waals surface area (Å²) >= 11 is 3.54. The number of carboxylic acids is 1. The summed E-state index contributed by atoms with van der Waals surface area (Å²) < 4.78 is 1.01. The van der Waals surface area contributed by atoms with Gasteiger partial charge in [0.1, 0.15) is 5.82 Å². The van der Waals surface area contributed by atoms with Crippen LogP contribution in [-0.2, 0) is 4.79 Å². The first-order valence-electron chi connectivity index (χ1n) is 6.55. The highest BCUT2D eigenvalue weighted by atomic mass is 79.9. The quantitative estimate of drug-likeness (QED) is 0.907. The van der Waals surface area contributed by atoms with Crippen LogP contribution in [0.1, 0.15) is 13.8 Å². The van der Waals surface area contributed by atoms with Crippen molar-refractivity contribution in [1.29, 1.82) is 0 Å². The molecule has 1 heterocycles. The number of benzene rings is 1. The lowest BCUT2D eigenvalue weighted by Crippen LogP contribution is -2.32. The van der Waals surface area contributed by atoms with E-state index in [1.54, 1.807) is 13.1 Å². The lowest BCUT2D eigenvalue weighted by molar-refractivity contribution is -0.140. The highest BCUT2D eigenvalue weighted by molar-refractivity contribution is 9.10. The van der Waals surface area contributed by atoms with E-state index in [9.17, 15) is 4.79 Å². The summed E-state index contributed by atoms with van der Waals surface area (Å²) in [6, 6.07) is 7.92. The molecule has 1 aromatic carbocycles. The molecule has 0 fully saturated rings. The van der Waals surface area contributed by atoms with Crippen LogP contribution in [0.3, 0.4) is 0 Å². The van der Waals surface area contributed by atoms with E-state index in [1.807, 2.05) is 36.1 Å². The van der Waals surface area contributed by atoms with Crippen molar-refractivity contribution in [3.63, 3.8) is 0 Å². The average Bonchev–Trinajstić information content (AvgIpc) is 2.44. The monoisotopic (exact) mass is 336 g/mol. The first-order chi connectivity index (χ1) is 9.54. The minimum Gasteiger partial charge on any atom is -0.481 e. The van der Waals surface area contributed by atoms with E-state index in [1.165, 1.54) is 0 Å². The van der Waals surface area contributed by atoms with E-state index >= 15 is 0 Å². The zero-order valence-corrected chi connectivity index (χ0v) is 13.1. The highest BCUT2D eigenvalue weighted by Crippen LogP contribution is 2.29. The van der Waals surface area contributed by atoms with Crippen LogP contribution in [0.25, 0.3) is 10.8 Å². The predicted molar refractivity (Wildman–Crippen MR) is 84.1 cm³/mol. The van der Waals surface area contributed by atoms with Crippen molar-refractivity contribution in [2.24, 2.45) is 5.92 Å². The van der Waals surface area contributed by atoms with Gasteiger partial charge in [0.05, 0.1) is 5.92 Å². The second-order valence-electron chi connectivity index (χ2n) is 4.75. The van der Waals surface area contributed by atoms with Crippen LogP contribution in [0.5, 0.6) is 0 Å². The molecule has 1 atom stereocenters. The summed E-state index contributed by atoms with van der Waals surface area (Å²) in [5, 5.41) is 11.2. The van der Waals surface area contributed by atoms with Gasteiger partial charge in [-0.1, -0.05) is 35.0 Å². The smallest absolute Gasteiger partial charge is 0.308 e. The zero-order valence-electron chi connectivity index (χ0n) is 11.5. The first kappa shape index (κ1) is 14.8. The molecule has 2 aromatic rings. The fraction of sp³-hybridized carbons (Fsp3) is 0.333. The number of anilines is 1. The summed E-state index contributed by atoms with van der Waals surface area (Å²) in [5.41, 5.74) is 0. The van der Waals surface area contributed by atoms with E-state index in [-0.39, 0.29) is 0 Å². The minimum atomic E-state index is -0.787. The normalized spacial score (nSPS) is 12.3. The molecule has 1 aromatic heterocycles. The number of hydrogen-bond donors (Lipinski definition) is 1. The Morgan fingerprint density at radius 2 is 2.15 bits per heavy atom. The number of rotatable bonds is 5. The molecule has 0 amide bonds. The molecule has 5 heteroatoms. The summed E-state index contributed by atoms with van der Waals surface area (Å²) in [5.74, 6) is -0.386. The Kier molecular flexibility index (Phi) is 4.60. The Morgan fingerprint density at radius 1 is 1.40 bits per heavy atom. The first-order valence-corrected chi connectivity index (χ1v) is 7.34. The van der Waals surface area contributed by atoms with Crippen molar-refractivity contribution in [3.8, 4) is 0 Å². The summed E-state index contributed by atoms with van der Waals surface area (Å²) in [7, 11) is 0. The van der Waals surface area contributed by atoms with Gasteiger partial charge in [0, 0.05) is 34.5 Å². The Bertz CT molecular complexity index is 630. The lowest BCUT2D eigenvalue weighted by Gasteiger charge is -2.25. The fourth-order valence-electron chi connectivity index (χ4n) is 2.18. The molecule has 0 saturated heterocycles. The number of nitrogens with zero attached hydrogens (tertiary/aromatic N) is 2. The molecule has 0 saturated carbocycles. The van der Waals surface area contributed by atoms with Gasteiger partial charge in [-0.05, 0) is 19.1 Å². The standard InChI is InChI=1S/C15H17BrN2O2/c1-3-18(9-10(2)15(19)20)14-12-5-4-6-13(16)11(12)7-8-17-14/h4-8,10H,3,9H2,1-2H3,(H,19,20). The second-order valence-corrected chi connectivity index (χ2v) is 5.60. The molecular weight excluding hydrogens is 320 g/mol. The predicted octanol–water partition coefficient (Wildman–Crippen LogP) is 3.54. The van der Waals surface area contributed by atoms with E-state index in [2.05, 4.69) is 20.9 Å². The van der Waals surface area contributed by atoms with Crippen molar-refractivity contribution < 1.29 is 9.90 Å². The van der Waals surface area contributed by atoms with Gasteiger partial charge in [0.2, 0.25) is 0 Å². The number of fused-ring (bicyclic) bond motifs is 1. The van der Waals surface area contributed by atoms with E-state index < -0.39 is 11.9 Å². The van der Waals surface area contributed by atoms with Crippen LogP contribution in [-0.4, -0.2) is 29.1 Å². The van der Waals surface area contributed by atoms with Crippen LogP contribution in [0.15, 0.2) is 34.9 Å². The highest BCUT2D eigenvalue weighted by Gasteiger charge is 2.18. The number of halogens is 1. The van der Waals surface area contributed by atoms with Gasteiger partial charge in [-0.25, -0.2) is 4.98 Å². The molecule has 0 aliphatic heterocycles. The number of carbonyl (C=O) groups is 1. The number of pyridine rings is 1. The van der Waals surface area contributed by atoms with Gasteiger partial charge >= 0.3 is 5.97 Å². The van der Waals surface area contributed by atoms with Gasteiger partial charge in [-0.2, -0.15) is 0 Å². The van der Waals surface area contributed by atoms with Crippen LogP contribution in [0.2, 0.25) is 0 Å². The van der Waals surface area contributed by atoms with Crippen molar-refractivity contribution in [2.45, 2.75) is 13.8 Å². The van der Waals surface area contributed by atoms with Crippen LogP contribution < -0.4 is 4.90 Å². The molecule has 0 radical (unpaired) electrons. The lowest BCUT2D eigenvalue weighted by atomic mass is 10.1. The SMILES string of the molecule is CCN(CC(C)C(=O)O)c1nccc2c(Br)cccc12. The summed E-state index contributed by atoms with van der Waals surface area (Å²) in [6.07, 6.45) is 1.76. The third kappa shape index (κ3) is 2.93. The average molecular weight is 337 g/mol. The molecule has 4 nitrogen and oxygen atoms in total. The van der Waals surface area contributed by atoms with Gasteiger partial charge in [-0.15, -0.1) is 0 Å². The largest absolute Gasteiger partial charge is 0.481 e. The number of aliphatic carboxylic acids is 1. The van der Waals surface area contributed by atoms with Crippen LogP contribution >= 0.6 is 15.9 Å². The third-order valence-corrected chi connectivity index (χ3v) is 4.02. The van der Waals surface area contributed by atoms with Gasteiger partial charge in [0.15, 0.2) is 0 Å². The van der Waals surface area contributed by atoms with E-state index in [0.717, 1.165) is 27.6 Å². The molecule has 2 rings (SSSR count). The number of carboxylic acid groups (broad SMARTS) is 1. The maximum atomic E-state index is 11.0. The molecule has 20 heavy (non-hydrogen) atoms. The third-order valence-electron chi connectivity index (χ3n) is 3.33. The van der Waals surface area contributed by atoms with Crippen LogP contribution in [0.4, 0.5) is 5.82 Å². The van der Waals surface area contributed by atoms with Gasteiger partial charge < -0.3 is 10.0 Å². The Labute approximate surface area is 126 Å². The molecule has 1 N–H and O–H groups in total. The number of hydrogen-bond acceptors (Lipinski definition) is 3. The van der Waals surface area contributed by atoms with Gasteiger partial charge in [-0.3, -0.25) is 4.79 Å². The fourth-order valence-corrected chi connectivity index (χ4v) is 2.68. The minimum absolute atomic E-state index is 0.431. The number of aromatic nitrogens is 1. The molecule has 0 bridgehead atoms. The van der Waals surface area contributed by atoms with Crippen molar-refractivity contribution in [2.75, 3.05) is 18.0 Å². The molecule has 1 unspecified atom stereocenters. The Balaban J connectivity index is 2.44. The maximum Gasteiger partial charge on any atom is 0.308 e. The van der Waals surface area contributed by atoms with E-state index in [4.69, 9.17) is 5.11 Å². The van der Waals surface area contributed by atoms with Crippen LogP contribution in [0, 0.1) is 5.92 Å². The molecule has 106 valence electrons. The Hall–Kier alpha value is -1.62. The molecule has 0 spiro atoms. The van der Waals surface area contributed by atoms with Crippen molar-refractivity contribution in [3.05, 3.63) is 34.9 Å².